The van der Waals surface area contributed by atoms with Crippen LogP contribution < -0.4 is 0 Å². The van der Waals surface area contributed by atoms with Crippen molar-refractivity contribution >= 4 is 21.9 Å². The van der Waals surface area contributed by atoms with Gasteiger partial charge in [-0.25, -0.2) is 0 Å². The van der Waals surface area contributed by atoms with Gasteiger partial charge in [-0.15, -0.1) is 11.1 Å². The number of hydrogen-bond acceptors (Lipinski definition) is 1. The first-order valence-electron chi connectivity index (χ1n) is 20.2. The first-order valence-corrected chi connectivity index (χ1v) is 25.4. The van der Waals surface area contributed by atoms with Crippen LogP contribution in [0, 0.1) is 44.6 Å². The van der Waals surface area contributed by atoms with Gasteiger partial charge in [0.2, 0.25) is 0 Å². The molecular formula is C43H80OSi2. The van der Waals surface area contributed by atoms with Crippen LogP contribution >= 0.6 is 0 Å². The van der Waals surface area contributed by atoms with Crippen LogP contribution in [0.1, 0.15) is 186 Å². The first-order chi connectivity index (χ1) is 21.6. The molecule has 0 spiro atoms. The van der Waals surface area contributed by atoms with Crippen molar-refractivity contribution in [2.45, 2.75) is 222 Å². The zero-order valence-electron chi connectivity index (χ0n) is 33.5. The maximum absolute atomic E-state index is 15.4. The molecule has 0 aliphatic heterocycles. The molecule has 0 aromatic carbocycles. The van der Waals surface area contributed by atoms with Crippen LogP contribution in [0.2, 0.25) is 36.3 Å². The highest BCUT2D eigenvalue weighted by Gasteiger charge is 2.57. The normalized spacial score (nSPS) is 20.7. The highest BCUT2D eigenvalue weighted by atomic mass is 28.3. The van der Waals surface area contributed by atoms with Crippen LogP contribution in [-0.2, 0) is 4.79 Å². The molecule has 1 rings (SSSR count). The van der Waals surface area contributed by atoms with Crippen molar-refractivity contribution in [2.24, 2.45) is 21.7 Å². The maximum atomic E-state index is 15.4. The zero-order valence-corrected chi connectivity index (χ0v) is 35.5. The molecule has 1 nitrogen and oxygen atoms in total. The molecule has 0 N–H and O–H groups in total. The Bertz CT molecular complexity index is 882. The van der Waals surface area contributed by atoms with E-state index < -0.39 is 27.0 Å². The van der Waals surface area contributed by atoms with Crippen LogP contribution in [0.4, 0.5) is 0 Å². The molecular weight excluding hydrogens is 589 g/mol. The van der Waals surface area contributed by atoms with Gasteiger partial charge in [0.05, 0.1) is 10.8 Å². The lowest BCUT2D eigenvalue weighted by Gasteiger charge is -2.35. The molecule has 0 radical (unpaired) electrons. The van der Waals surface area contributed by atoms with E-state index in [4.69, 9.17) is 0 Å². The highest BCUT2D eigenvalue weighted by molar-refractivity contribution is 6.87. The third kappa shape index (κ3) is 14.0. The summed E-state index contributed by atoms with van der Waals surface area (Å²) in [5.41, 5.74) is 7.29. The summed E-state index contributed by atoms with van der Waals surface area (Å²) in [6.45, 7) is 27.9. The van der Waals surface area contributed by atoms with E-state index in [1.165, 1.54) is 113 Å². The van der Waals surface area contributed by atoms with E-state index in [0.717, 1.165) is 25.7 Å². The second kappa shape index (κ2) is 20.0. The number of carbonyl (C=O) groups excluding carboxylic acids is 1. The minimum Gasteiger partial charge on any atom is -0.296 e. The van der Waals surface area contributed by atoms with Gasteiger partial charge in [0.25, 0.3) is 0 Å². The Hall–Kier alpha value is -0.776. The largest absolute Gasteiger partial charge is 0.296 e. The van der Waals surface area contributed by atoms with Crippen molar-refractivity contribution in [3.05, 3.63) is 0 Å². The summed E-state index contributed by atoms with van der Waals surface area (Å²) in [4.78, 5) is 15.4. The van der Waals surface area contributed by atoms with Crippen molar-refractivity contribution in [1.29, 1.82) is 0 Å². The van der Waals surface area contributed by atoms with E-state index >= 15 is 4.79 Å². The molecule has 3 heteroatoms. The van der Waals surface area contributed by atoms with Crippen LogP contribution in [0.5, 0.6) is 0 Å². The van der Waals surface area contributed by atoms with Crippen molar-refractivity contribution in [3.63, 3.8) is 0 Å². The molecule has 0 saturated heterocycles. The Kier molecular flexibility index (Phi) is 18.8. The van der Waals surface area contributed by atoms with E-state index in [0.29, 0.717) is 5.78 Å². The molecule has 1 aliphatic rings. The number of Topliss-reactive ketones (excluding diaryl/α,β-unsaturated/α-hetero) is 1. The average Bonchev–Trinajstić information content (AvgIpc) is 3.24. The molecule has 0 aromatic heterocycles. The molecule has 266 valence electrons. The van der Waals surface area contributed by atoms with Crippen LogP contribution in [-0.4, -0.2) is 21.9 Å². The smallest absolute Gasteiger partial charge is 0.168 e. The third-order valence-electron chi connectivity index (χ3n) is 10.7. The van der Waals surface area contributed by atoms with Gasteiger partial charge in [0, 0.05) is 0 Å². The highest BCUT2D eigenvalue weighted by Crippen LogP contribution is 2.55. The zero-order chi connectivity index (χ0) is 35.0. The van der Waals surface area contributed by atoms with Gasteiger partial charge in [-0.1, -0.05) is 172 Å². The van der Waals surface area contributed by atoms with Crippen molar-refractivity contribution in [1.82, 2.24) is 0 Å². The van der Waals surface area contributed by atoms with E-state index in [2.05, 4.69) is 106 Å². The minimum absolute atomic E-state index is 0.0396. The summed E-state index contributed by atoms with van der Waals surface area (Å²) < 4.78 is 0. The lowest BCUT2D eigenvalue weighted by Crippen LogP contribution is -2.41. The molecule has 1 aliphatic carbocycles. The fraction of sp³-hybridized carbons (Fsp3) is 0.884. The molecule has 0 unspecified atom stereocenters. The van der Waals surface area contributed by atoms with Gasteiger partial charge in [0.1, 0.15) is 16.1 Å². The summed E-state index contributed by atoms with van der Waals surface area (Å²) in [5, 5.41) is 0. The predicted octanol–water partition coefficient (Wildman–Crippen LogP) is 14.0. The summed E-state index contributed by atoms with van der Waals surface area (Å²) in [6.07, 6.45) is 18.7. The van der Waals surface area contributed by atoms with Gasteiger partial charge < -0.3 is 0 Å². The van der Waals surface area contributed by atoms with Crippen molar-refractivity contribution < 1.29 is 4.79 Å². The van der Waals surface area contributed by atoms with Gasteiger partial charge in [-0.2, -0.15) is 0 Å². The van der Waals surface area contributed by atoms with Crippen LogP contribution in [0.3, 0.4) is 0 Å². The Balaban J connectivity index is 3.96. The van der Waals surface area contributed by atoms with Gasteiger partial charge in [-0.05, 0) is 72.8 Å². The number of hydrogen-bond donors (Lipinski definition) is 0. The van der Waals surface area contributed by atoms with Crippen molar-refractivity contribution in [3.8, 4) is 22.9 Å². The topological polar surface area (TPSA) is 17.1 Å². The Morgan fingerprint density at radius 2 is 0.739 bits per heavy atom. The second-order valence-electron chi connectivity index (χ2n) is 18.2. The van der Waals surface area contributed by atoms with E-state index in [9.17, 15) is 0 Å². The van der Waals surface area contributed by atoms with Crippen LogP contribution in [0.15, 0.2) is 0 Å². The van der Waals surface area contributed by atoms with E-state index in [1.54, 1.807) is 0 Å². The van der Waals surface area contributed by atoms with E-state index in [1.807, 2.05) is 0 Å². The summed E-state index contributed by atoms with van der Waals surface area (Å²) >= 11 is 0. The van der Waals surface area contributed by atoms with Gasteiger partial charge in [0.15, 0.2) is 5.78 Å². The minimum atomic E-state index is -1.81. The Morgan fingerprint density at radius 3 is 0.935 bits per heavy atom. The van der Waals surface area contributed by atoms with Gasteiger partial charge in [-0.3, -0.25) is 4.79 Å². The molecule has 1 saturated carbocycles. The molecule has 46 heavy (non-hydrogen) atoms. The van der Waals surface area contributed by atoms with Gasteiger partial charge >= 0.3 is 0 Å². The predicted molar refractivity (Wildman–Crippen MR) is 213 cm³/mol. The maximum Gasteiger partial charge on any atom is 0.168 e. The lowest BCUT2D eigenvalue weighted by atomic mass is 9.67. The monoisotopic (exact) mass is 669 g/mol. The number of carbonyl (C=O) groups is 1. The second-order valence-corrected chi connectivity index (χ2v) is 26.8. The Labute approximate surface area is 292 Å². The Morgan fingerprint density at radius 1 is 0.500 bits per heavy atom. The molecule has 0 heterocycles. The molecule has 0 amide bonds. The molecule has 0 aromatic rings. The SMILES string of the molecule is CCCC[Si](C#C[C@]1(CC(C)(C)C)CC[C@](C#C[Si](CCCC)(CCCC)CCCC)(CC(C)(C)C)C1=O)(CCCC)CCCC. The van der Waals surface area contributed by atoms with Crippen molar-refractivity contribution in [2.75, 3.05) is 0 Å². The first kappa shape index (κ1) is 43.2. The van der Waals surface area contributed by atoms with Crippen LogP contribution in [0.25, 0.3) is 0 Å². The average molecular weight is 669 g/mol. The molecule has 0 bridgehead atoms. The molecule has 1 fully saturated rings. The fourth-order valence-corrected chi connectivity index (χ4v) is 17.7. The number of ketones is 1. The summed E-state index contributed by atoms with van der Waals surface area (Å²) in [6, 6.07) is 7.85. The summed E-state index contributed by atoms with van der Waals surface area (Å²) in [5.74, 6) is 8.45. The standard InChI is InChI=1S/C43H80OSi2/c1-13-19-29-45(30-20-14-2,31-21-15-3)35-27-42(37-40(7,8)9)25-26-43(39(42)44,38-41(10,11)12)28-36-46(32-22-16-4,33-23-17-5)34-24-18-6/h13-26,29-34,37-38H2,1-12H3/t42-,43-/m0/s1. The number of rotatable bonds is 20. The quantitative estimate of drug-likeness (QED) is 0.0932. The third-order valence-corrected chi connectivity index (χ3v) is 19.9. The number of unbranched alkanes of at least 4 members (excludes halogenated alkanes) is 6. The summed E-state index contributed by atoms with van der Waals surface area (Å²) in [7, 11) is -3.61. The molecule has 2 atom stereocenters. The fourth-order valence-electron chi connectivity index (χ4n) is 8.31. The lowest BCUT2D eigenvalue weighted by molar-refractivity contribution is -0.131. The van der Waals surface area contributed by atoms with E-state index in [-0.39, 0.29) is 10.8 Å².